The molecule has 4 nitrogen and oxygen atoms in total. The molecule has 0 aliphatic rings. The Morgan fingerprint density at radius 1 is 1.00 bits per heavy atom. The van der Waals surface area contributed by atoms with Crippen LogP contribution in [0.3, 0.4) is 0 Å². The summed E-state index contributed by atoms with van der Waals surface area (Å²) in [5, 5.41) is 0. The van der Waals surface area contributed by atoms with E-state index in [0.717, 1.165) is 4.47 Å². The van der Waals surface area contributed by atoms with Crippen LogP contribution in [0.25, 0.3) is 0 Å². The molecule has 6 heteroatoms. The van der Waals surface area contributed by atoms with Gasteiger partial charge in [0.05, 0.1) is 4.90 Å². The van der Waals surface area contributed by atoms with E-state index >= 15 is 0 Å². The number of hydrogen-bond donors (Lipinski definition) is 0. The van der Waals surface area contributed by atoms with Gasteiger partial charge in [-0.25, -0.2) is 0 Å². The number of carbonyl (C=O) groups is 1. The van der Waals surface area contributed by atoms with Crippen molar-refractivity contribution in [2.75, 3.05) is 6.61 Å². The summed E-state index contributed by atoms with van der Waals surface area (Å²) in [5.74, 6) is -0.383. The summed E-state index contributed by atoms with van der Waals surface area (Å²) in [6, 6.07) is 14.4. The van der Waals surface area contributed by atoms with Gasteiger partial charge in [0.1, 0.15) is 6.61 Å². The Morgan fingerprint density at radius 3 is 2.20 bits per heavy atom. The van der Waals surface area contributed by atoms with Gasteiger partial charge in [-0.3, -0.25) is 8.98 Å². The topological polar surface area (TPSA) is 60.4 Å². The summed E-state index contributed by atoms with van der Waals surface area (Å²) < 4.78 is 29.3. The van der Waals surface area contributed by atoms with Crippen molar-refractivity contribution in [1.29, 1.82) is 0 Å². The zero-order valence-electron chi connectivity index (χ0n) is 10.3. The van der Waals surface area contributed by atoms with Crippen molar-refractivity contribution in [2.45, 2.75) is 4.90 Å². The third kappa shape index (κ3) is 3.75. The summed E-state index contributed by atoms with van der Waals surface area (Å²) in [5.41, 5.74) is 0.415. The summed E-state index contributed by atoms with van der Waals surface area (Å²) >= 11 is 3.22. The van der Waals surface area contributed by atoms with E-state index in [4.69, 9.17) is 4.18 Å². The molecule has 0 atom stereocenters. The van der Waals surface area contributed by atoms with E-state index in [2.05, 4.69) is 15.9 Å². The standard InChI is InChI=1S/C14H11BrO4S/c15-12-6-8-13(9-7-12)20(17,18)19-10-14(16)11-4-2-1-3-5-11/h1-9H,10H2. The number of carbonyl (C=O) groups excluding carboxylic acids is 1. The summed E-state index contributed by atoms with van der Waals surface area (Å²) in [4.78, 5) is 11.8. The fourth-order valence-electron chi connectivity index (χ4n) is 1.51. The Hall–Kier alpha value is -1.50. The van der Waals surface area contributed by atoms with Crippen LogP contribution in [0.1, 0.15) is 10.4 Å². The first-order valence-electron chi connectivity index (χ1n) is 5.72. The highest BCUT2D eigenvalue weighted by Crippen LogP contribution is 2.16. The predicted octanol–water partition coefficient (Wildman–Crippen LogP) is 3.04. The molecule has 20 heavy (non-hydrogen) atoms. The molecule has 0 saturated heterocycles. The molecule has 0 aliphatic heterocycles. The molecule has 2 aromatic carbocycles. The van der Waals surface area contributed by atoms with E-state index in [1.54, 1.807) is 42.5 Å². The van der Waals surface area contributed by atoms with Gasteiger partial charge < -0.3 is 0 Å². The lowest BCUT2D eigenvalue weighted by molar-refractivity contribution is 0.0924. The first-order valence-corrected chi connectivity index (χ1v) is 7.92. The number of benzene rings is 2. The SMILES string of the molecule is O=C(COS(=O)(=O)c1ccc(Br)cc1)c1ccccc1. The van der Waals surface area contributed by atoms with Crippen LogP contribution in [0, 0.1) is 0 Å². The molecule has 0 fully saturated rings. The second kappa shape index (κ2) is 6.30. The van der Waals surface area contributed by atoms with E-state index in [9.17, 15) is 13.2 Å². The van der Waals surface area contributed by atoms with Crippen molar-refractivity contribution < 1.29 is 17.4 Å². The number of ketones is 1. The van der Waals surface area contributed by atoms with E-state index in [1.807, 2.05) is 0 Å². The molecule has 0 unspecified atom stereocenters. The van der Waals surface area contributed by atoms with Gasteiger partial charge in [-0.15, -0.1) is 0 Å². The minimum atomic E-state index is -3.92. The third-order valence-corrected chi connectivity index (χ3v) is 4.35. The van der Waals surface area contributed by atoms with Gasteiger partial charge in [-0.05, 0) is 24.3 Å². The zero-order valence-corrected chi connectivity index (χ0v) is 12.7. The Balaban J connectivity index is 2.06. The van der Waals surface area contributed by atoms with Gasteiger partial charge >= 0.3 is 0 Å². The molecule has 0 saturated carbocycles. The van der Waals surface area contributed by atoms with Crippen LogP contribution in [0.4, 0.5) is 0 Å². The number of Topliss-reactive ketones (excluding diaryl/α,β-unsaturated/α-hetero) is 1. The minimum absolute atomic E-state index is 0.0153. The molecule has 2 aromatic rings. The molecule has 104 valence electrons. The van der Waals surface area contributed by atoms with Crippen LogP contribution in [0.15, 0.2) is 64.0 Å². The third-order valence-electron chi connectivity index (χ3n) is 2.54. The number of halogens is 1. The normalized spacial score (nSPS) is 11.2. The van der Waals surface area contributed by atoms with Gasteiger partial charge in [0.2, 0.25) is 0 Å². The fourth-order valence-corrected chi connectivity index (χ4v) is 2.64. The lowest BCUT2D eigenvalue weighted by Gasteiger charge is -2.05. The largest absolute Gasteiger partial charge is 0.297 e. The Labute approximate surface area is 125 Å². The quantitative estimate of drug-likeness (QED) is 0.611. The minimum Gasteiger partial charge on any atom is -0.291 e. The predicted molar refractivity (Wildman–Crippen MR) is 78.1 cm³/mol. The second-order valence-electron chi connectivity index (χ2n) is 3.96. The Morgan fingerprint density at radius 2 is 1.60 bits per heavy atom. The van der Waals surface area contributed by atoms with E-state index in [-0.39, 0.29) is 10.7 Å². The zero-order chi connectivity index (χ0) is 14.6. The Kier molecular flexibility index (Phi) is 4.69. The van der Waals surface area contributed by atoms with Crippen LogP contribution in [-0.4, -0.2) is 20.8 Å². The maximum atomic E-state index is 11.9. The maximum Gasteiger partial charge on any atom is 0.297 e. The average molecular weight is 355 g/mol. The molecule has 0 heterocycles. The summed E-state index contributed by atoms with van der Waals surface area (Å²) in [6.45, 7) is -0.511. The van der Waals surface area contributed by atoms with Gasteiger partial charge in [0.25, 0.3) is 10.1 Å². The van der Waals surface area contributed by atoms with E-state index in [0.29, 0.717) is 5.56 Å². The second-order valence-corrected chi connectivity index (χ2v) is 6.49. The molecular weight excluding hydrogens is 344 g/mol. The smallest absolute Gasteiger partial charge is 0.291 e. The van der Waals surface area contributed by atoms with E-state index < -0.39 is 16.7 Å². The highest BCUT2D eigenvalue weighted by atomic mass is 79.9. The molecular formula is C14H11BrO4S. The highest BCUT2D eigenvalue weighted by Gasteiger charge is 2.17. The monoisotopic (exact) mass is 354 g/mol. The lowest BCUT2D eigenvalue weighted by Crippen LogP contribution is -2.14. The van der Waals surface area contributed by atoms with Crippen LogP contribution in [-0.2, 0) is 14.3 Å². The molecule has 0 spiro atoms. The molecule has 0 N–H and O–H groups in total. The Bertz CT molecular complexity index is 694. The van der Waals surface area contributed by atoms with Crippen molar-refractivity contribution in [3.05, 3.63) is 64.6 Å². The number of rotatable bonds is 5. The summed E-state index contributed by atoms with van der Waals surface area (Å²) in [6.07, 6.45) is 0. The first kappa shape index (κ1) is 14.9. The molecule has 0 amide bonds. The number of hydrogen-bond acceptors (Lipinski definition) is 4. The van der Waals surface area contributed by atoms with Crippen LogP contribution in [0.2, 0.25) is 0 Å². The van der Waals surface area contributed by atoms with Crippen LogP contribution in [0.5, 0.6) is 0 Å². The first-order chi connectivity index (χ1) is 9.49. The van der Waals surface area contributed by atoms with Crippen LogP contribution < -0.4 is 0 Å². The van der Waals surface area contributed by atoms with Crippen molar-refractivity contribution in [1.82, 2.24) is 0 Å². The summed E-state index contributed by atoms with van der Waals surface area (Å²) in [7, 11) is -3.92. The molecule has 0 aromatic heterocycles. The van der Waals surface area contributed by atoms with Crippen molar-refractivity contribution >= 4 is 31.8 Å². The van der Waals surface area contributed by atoms with Gasteiger partial charge in [-0.2, -0.15) is 8.42 Å². The molecule has 0 aliphatic carbocycles. The lowest BCUT2D eigenvalue weighted by atomic mass is 10.1. The van der Waals surface area contributed by atoms with Crippen molar-refractivity contribution in [2.24, 2.45) is 0 Å². The highest BCUT2D eigenvalue weighted by molar-refractivity contribution is 9.10. The van der Waals surface area contributed by atoms with Crippen molar-refractivity contribution in [3.63, 3.8) is 0 Å². The fraction of sp³-hybridized carbons (Fsp3) is 0.0714. The average Bonchev–Trinajstić information content (AvgIpc) is 2.46. The van der Waals surface area contributed by atoms with Gasteiger partial charge in [0, 0.05) is 10.0 Å². The van der Waals surface area contributed by atoms with Crippen molar-refractivity contribution in [3.8, 4) is 0 Å². The van der Waals surface area contributed by atoms with E-state index in [1.165, 1.54) is 12.1 Å². The molecule has 0 bridgehead atoms. The molecule has 2 rings (SSSR count). The maximum absolute atomic E-state index is 11.9. The van der Waals surface area contributed by atoms with Crippen LogP contribution >= 0.6 is 15.9 Å². The van der Waals surface area contributed by atoms with Gasteiger partial charge in [-0.1, -0.05) is 46.3 Å². The molecule has 0 radical (unpaired) electrons. The van der Waals surface area contributed by atoms with Gasteiger partial charge in [0.15, 0.2) is 5.78 Å².